The Bertz CT molecular complexity index is 912. The summed E-state index contributed by atoms with van der Waals surface area (Å²) >= 11 is 6.04. The molecule has 22 heavy (non-hydrogen) atoms. The highest BCUT2D eigenvalue weighted by molar-refractivity contribution is 6.35. The van der Waals surface area contributed by atoms with Gasteiger partial charge in [0.2, 0.25) is 0 Å². The summed E-state index contributed by atoms with van der Waals surface area (Å²) in [7, 11) is 0. The zero-order valence-corrected chi connectivity index (χ0v) is 11.7. The zero-order chi connectivity index (χ0) is 15.9. The van der Waals surface area contributed by atoms with Crippen molar-refractivity contribution in [2.75, 3.05) is 0 Å². The van der Waals surface area contributed by atoms with E-state index >= 15 is 0 Å². The van der Waals surface area contributed by atoms with Crippen molar-refractivity contribution in [3.05, 3.63) is 64.7 Å². The molecule has 0 saturated heterocycles. The maximum Gasteiger partial charge on any atom is 0.336 e. The fourth-order valence-corrected chi connectivity index (χ4v) is 2.44. The Hall–Kier alpha value is -2.53. The van der Waals surface area contributed by atoms with Gasteiger partial charge in [0.25, 0.3) is 0 Å². The van der Waals surface area contributed by atoms with Crippen molar-refractivity contribution in [2.24, 2.45) is 0 Å². The van der Waals surface area contributed by atoms with E-state index in [1.165, 1.54) is 6.07 Å². The molecule has 1 N–H and O–H groups in total. The van der Waals surface area contributed by atoms with Crippen LogP contribution in [0.15, 0.2) is 42.5 Å². The molecular weight excluding hydrogens is 312 g/mol. The van der Waals surface area contributed by atoms with Crippen LogP contribution >= 0.6 is 11.6 Å². The van der Waals surface area contributed by atoms with Crippen molar-refractivity contribution in [1.29, 1.82) is 0 Å². The number of hydrogen-bond acceptors (Lipinski definition) is 2. The molecule has 0 amide bonds. The molecule has 0 fully saturated rings. The highest BCUT2D eigenvalue weighted by atomic mass is 35.5. The number of rotatable bonds is 2. The van der Waals surface area contributed by atoms with E-state index < -0.39 is 17.6 Å². The van der Waals surface area contributed by atoms with Gasteiger partial charge in [0.15, 0.2) is 0 Å². The first-order chi connectivity index (χ1) is 10.5. The fraction of sp³-hybridized carbons (Fsp3) is 0. The van der Waals surface area contributed by atoms with Crippen LogP contribution in [0.1, 0.15) is 10.4 Å². The molecule has 3 rings (SSSR count). The minimum atomic E-state index is -1.20. The number of halogens is 3. The van der Waals surface area contributed by atoms with E-state index in [-0.39, 0.29) is 27.4 Å². The van der Waals surface area contributed by atoms with E-state index in [9.17, 15) is 18.7 Å². The summed E-state index contributed by atoms with van der Waals surface area (Å²) in [4.78, 5) is 15.6. The summed E-state index contributed by atoms with van der Waals surface area (Å²) in [5.74, 6) is -2.54. The Labute approximate surface area is 128 Å². The van der Waals surface area contributed by atoms with Gasteiger partial charge in [0.05, 0.1) is 21.8 Å². The van der Waals surface area contributed by atoms with Crippen molar-refractivity contribution in [1.82, 2.24) is 4.98 Å². The molecule has 6 heteroatoms. The number of pyridine rings is 1. The molecule has 0 spiro atoms. The van der Waals surface area contributed by atoms with Crippen molar-refractivity contribution >= 4 is 28.5 Å². The van der Waals surface area contributed by atoms with E-state index in [4.69, 9.17) is 11.6 Å². The molecule has 0 radical (unpaired) electrons. The number of fused-ring (bicyclic) bond motifs is 1. The standard InChI is InChI=1S/C16H8ClF2NO2/c17-12-3-1-2-9-10(16(21)22)7-14(20-15(9)12)11-6-8(18)4-5-13(11)19/h1-7H,(H,21,22). The van der Waals surface area contributed by atoms with E-state index in [1.54, 1.807) is 18.2 Å². The maximum absolute atomic E-state index is 13.9. The number of aromatic nitrogens is 1. The summed E-state index contributed by atoms with van der Waals surface area (Å²) in [6.07, 6.45) is 0. The summed E-state index contributed by atoms with van der Waals surface area (Å²) in [6.45, 7) is 0. The molecule has 1 aromatic heterocycles. The molecule has 0 aliphatic carbocycles. The second kappa shape index (κ2) is 5.35. The summed E-state index contributed by atoms with van der Waals surface area (Å²) < 4.78 is 27.2. The minimum absolute atomic E-state index is 0.00926. The Morgan fingerprint density at radius 1 is 1.14 bits per heavy atom. The number of carboxylic acids is 1. The summed E-state index contributed by atoms with van der Waals surface area (Å²) in [5.41, 5.74) is 0.0354. The monoisotopic (exact) mass is 319 g/mol. The lowest BCUT2D eigenvalue weighted by atomic mass is 10.0. The average Bonchev–Trinajstić information content (AvgIpc) is 2.49. The van der Waals surface area contributed by atoms with Crippen molar-refractivity contribution in [3.8, 4) is 11.3 Å². The van der Waals surface area contributed by atoms with Crippen molar-refractivity contribution in [3.63, 3.8) is 0 Å². The van der Waals surface area contributed by atoms with Crippen LogP contribution in [0.25, 0.3) is 22.2 Å². The third-order valence-electron chi connectivity index (χ3n) is 3.23. The lowest BCUT2D eigenvalue weighted by molar-refractivity contribution is 0.0699. The SMILES string of the molecule is O=C(O)c1cc(-c2cc(F)ccc2F)nc2c(Cl)cccc12. The molecule has 1 heterocycles. The molecule has 0 aliphatic heterocycles. The highest BCUT2D eigenvalue weighted by Gasteiger charge is 2.16. The molecule has 0 unspecified atom stereocenters. The topological polar surface area (TPSA) is 50.2 Å². The molecular formula is C16H8ClF2NO2. The summed E-state index contributed by atoms with van der Waals surface area (Å²) in [6, 6.07) is 8.82. The van der Waals surface area contributed by atoms with Crippen molar-refractivity contribution in [2.45, 2.75) is 0 Å². The first kappa shape index (κ1) is 14.4. The number of hydrogen-bond donors (Lipinski definition) is 1. The average molecular weight is 320 g/mol. The molecule has 3 nitrogen and oxygen atoms in total. The normalized spacial score (nSPS) is 10.9. The van der Waals surface area contributed by atoms with Gasteiger partial charge < -0.3 is 5.11 Å². The number of carbonyl (C=O) groups is 1. The Morgan fingerprint density at radius 2 is 1.91 bits per heavy atom. The Kier molecular flexibility index (Phi) is 3.50. The van der Waals surface area contributed by atoms with Gasteiger partial charge in [0, 0.05) is 10.9 Å². The van der Waals surface area contributed by atoms with Crippen LogP contribution in [0, 0.1) is 11.6 Å². The van der Waals surface area contributed by atoms with Gasteiger partial charge >= 0.3 is 5.97 Å². The fourth-order valence-electron chi connectivity index (χ4n) is 2.22. The number of carboxylic acid groups (broad SMARTS) is 1. The van der Waals surface area contributed by atoms with E-state index in [2.05, 4.69) is 4.98 Å². The van der Waals surface area contributed by atoms with Gasteiger partial charge in [-0.05, 0) is 30.3 Å². The molecule has 0 saturated carbocycles. The van der Waals surface area contributed by atoms with Crippen LogP contribution in [0.4, 0.5) is 8.78 Å². The number of aromatic carboxylic acids is 1. The summed E-state index contributed by atoms with van der Waals surface area (Å²) in [5, 5.41) is 9.90. The first-order valence-electron chi connectivity index (χ1n) is 6.25. The van der Waals surface area contributed by atoms with Gasteiger partial charge in [-0.2, -0.15) is 0 Å². The van der Waals surface area contributed by atoms with E-state index in [0.29, 0.717) is 5.39 Å². The minimum Gasteiger partial charge on any atom is -0.478 e. The third kappa shape index (κ3) is 2.40. The molecule has 110 valence electrons. The van der Waals surface area contributed by atoms with Crippen LogP contribution in [0.5, 0.6) is 0 Å². The van der Waals surface area contributed by atoms with Gasteiger partial charge in [0.1, 0.15) is 11.6 Å². The van der Waals surface area contributed by atoms with Crippen LogP contribution < -0.4 is 0 Å². The lowest BCUT2D eigenvalue weighted by Gasteiger charge is -2.09. The zero-order valence-electron chi connectivity index (χ0n) is 11.0. The van der Waals surface area contributed by atoms with Gasteiger partial charge in [-0.15, -0.1) is 0 Å². The molecule has 0 atom stereocenters. The predicted molar refractivity (Wildman–Crippen MR) is 79.1 cm³/mol. The number of para-hydroxylation sites is 1. The smallest absolute Gasteiger partial charge is 0.336 e. The van der Waals surface area contributed by atoms with E-state index in [1.807, 2.05) is 0 Å². The van der Waals surface area contributed by atoms with Crippen LogP contribution in [-0.4, -0.2) is 16.1 Å². The largest absolute Gasteiger partial charge is 0.478 e. The molecule has 0 aliphatic rings. The first-order valence-corrected chi connectivity index (χ1v) is 6.63. The second-order valence-electron chi connectivity index (χ2n) is 4.62. The molecule has 2 aromatic carbocycles. The number of benzene rings is 2. The van der Waals surface area contributed by atoms with Gasteiger partial charge in [-0.25, -0.2) is 18.6 Å². The Morgan fingerprint density at radius 3 is 2.64 bits per heavy atom. The van der Waals surface area contributed by atoms with Gasteiger partial charge in [-0.1, -0.05) is 23.7 Å². The van der Waals surface area contributed by atoms with Crippen LogP contribution in [-0.2, 0) is 0 Å². The maximum atomic E-state index is 13.9. The molecule has 3 aromatic rings. The quantitative estimate of drug-likeness (QED) is 0.755. The number of nitrogens with zero attached hydrogens (tertiary/aromatic N) is 1. The van der Waals surface area contributed by atoms with Crippen molar-refractivity contribution < 1.29 is 18.7 Å². The highest BCUT2D eigenvalue weighted by Crippen LogP contribution is 2.30. The Balaban J connectivity index is 2.38. The predicted octanol–water partition coefficient (Wildman–Crippen LogP) is 4.53. The van der Waals surface area contributed by atoms with Gasteiger partial charge in [-0.3, -0.25) is 0 Å². The second-order valence-corrected chi connectivity index (χ2v) is 5.03. The third-order valence-corrected chi connectivity index (χ3v) is 3.53. The van der Waals surface area contributed by atoms with Crippen LogP contribution in [0.3, 0.4) is 0 Å². The lowest BCUT2D eigenvalue weighted by Crippen LogP contribution is -2.01. The van der Waals surface area contributed by atoms with Crippen LogP contribution in [0.2, 0.25) is 5.02 Å². The van der Waals surface area contributed by atoms with E-state index in [0.717, 1.165) is 18.2 Å². The molecule has 0 bridgehead atoms.